The van der Waals surface area contributed by atoms with Gasteiger partial charge in [-0.1, -0.05) is 10.9 Å². The van der Waals surface area contributed by atoms with Crippen molar-refractivity contribution in [3.8, 4) is 35.8 Å². The highest BCUT2D eigenvalue weighted by Gasteiger charge is 2.40. The third kappa shape index (κ3) is 2.43. The zero-order chi connectivity index (χ0) is 23.0. The fourth-order valence-corrected chi connectivity index (χ4v) is 2.87. The monoisotopic (exact) mass is 412 g/mol. The van der Waals surface area contributed by atoms with Crippen LogP contribution in [0.3, 0.4) is 0 Å². The topological polar surface area (TPSA) is 143 Å². The number of benzene rings is 2. The largest absolute Gasteiger partial charge is 0.327 e. The van der Waals surface area contributed by atoms with Gasteiger partial charge in [0.05, 0.1) is 10.8 Å². The first-order valence-electron chi connectivity index (χ1n) is 7.53. The Labute approximate surface area is 163 Å². The van der Waals surface area contributed by atoms with Crippen LogP contribution in [-0.2, 0) is 0 Å². The number of hydrogen-bond acceptors (Lipinski definition) is 6. The smallest absolute Gasteiger partial charge is 0.246 e. The predicted octanol–water partition coefficient (Wildman–Crippen LogP) is 1.36. The Balaban J connectivity index is 3.33. The highest BCUT2D eigenvalue weighted by Crippen LogP contribution is 2.31. The lowest BCUT2D eigenvalue weighted by Gasteiger charge is -2.25. The van der Waals surface area contributed by atoms with Crippen LogP contribution in [0.4, 0.5) is 26.3 Å². The Bertz CT molecular complexity index is 1220. The molecule has 0 radical (unpaired) electrons. The first kappa shape index (κ1) is 21.6. The molecule has 0 aromatic heterocycles. The first-order valence-corrected chi connectivity index (χ1v) is 7.53. The van der Waals surface area contributed by atoms with Crippen molar-refractivity contribution in [2.75, 3.05) is 0 Å². The van der Waals surface area contributed by atoms with E-state index in [1.165, 1.54) is 0 Å². The van der Waals surface area contributed by atoms with Gasteiger partial charge in [-0.3, -0.25) is 0 Å². The Hall–Kier alpha value is -4.65. The van der Waals surface area contributed by atoms with Crippen molar-refractivity contribution in [2.24, 2.45) is 0 Å². The minimum atomic E-state index is -4.13. The van der Waals surface area contributed by atoms with Gasteiger partial charge in [-0.15, -0.1) is 35.8 Å². The second kappa shape index (κ2) is 7.06. The standard InChI is InChI=1S/C16B2F6N6/c19-11-7-8(13(21)15(23)9(11)17(1-25,2-26)3-27)12(20)10(16(24)14(7)22)18(4-28,5-29)6-30/q-2. The third-order valence-corrected chi connectivity index (χ3v) is 4.49. The molecule has 0 amide bonds. The van der Waals surface area contributed by atoms with Crippen molar-refractivity contribution in [2.45, 2.75) is 0 Å². The third-order valence-electron chi connectivity index (χ3n) is 4.49. The summed E-state index contributed by atoms with van der Waals surface area (Å²) >= 11 is 0. The van der Waals surface area contributed by atoms with Crippen LogP contribution in [0.15, 0.2) is 0 Å². The molecule has 0 N–H and O–H groups in total. The maximum absolute atomic E-state index is 14.9. The number of rotatable bonds is 2. The highest BCUT2D eigenvalue weighted by molar-refractivity contribution is 7.10. The molecule has 0 bridgehead atoms. The van der Waals surface area contributed by atoms with E-state index in [0.717, 1.165) is 35.8 Å². The molecule has 0 unspecified atom stereocenters. The van der Waals surface area contributed by atoms with E-state index in [0.29, 0.717) is 0 Å². The molecular formula is C16B2F6N6-2. The summed E-state index contributed by atoms with van der Waals surface area (Å²) in [7, 11) is 0. The molecule has 0 atom stereocenters. The molecule has 14 heteroatoms. The molecule has 0 heterocycles. The average molecular weight is 412 g/mol. The van der Waals surface area contributed by atoms with Crippen LogP contribution in [0.5, 0.6) is 0 Å². The van der Waals surface area contributed by atoms with Crippen LogP contribution in [0.1, 0.15) is 0 Å². The minimum Gasteiger partial charge on any atom is -0.246 e. The molecule has 0 aliphatic heterocycles. The highest BCUT2D eigenvalue weighted by atomic mass is 19.2. The molecule has 2 aromatic rings. The van der Waals surface area contributed by atoms with Crippen molar-refractivity contribution >= 4 is 34.0 Å². The van der Waals surface area contributed by atoms with Crippen molar-refractivity contribution in [3.05, 3.63) is 34.9 Å². The predicted molar refractivity (Wildman–Crippen MR) is 88.2 cm³/mol. The Morgan fingerprint density at radius 2 is 0.633 bits per heavy atom. The van der Waals surface area contributed by atoms with E-state index < -0.39 is 68.9 Å². The number of nitriles is 6. The number of halogens is 6. The molecule has 144 valence electrons. The van der Waals surface area contributed by atoms with Crippen LogP contribution in [0.25, 0.3) is 10.8 Å². The second-order valence-electron chi connectivity index (χ2n) is 5.97. The van der Waals surface area contributed by atoms with E-state index in [9.17, 15) is 26.3 Å². The van der Waals surface area contributed by atoms with Crippen molar-refractivity contribution in [1.82, 2.24) is 0 Å². The number of hydrogen-bond donors (Lipinski definition) is 0. The van der Waals surface area contributed by atoms with Gasteiger partial charge in [-0.25, -0.2) is 57.9 Å². The lowest BCUT2D eigenvalue weighted by atomic mass is 9.24. The molecule has 2 rings (SSSR count). The maximum atomic E-state index is 14.9. The second-order valence-corrected chi connectivity index (χ2v) is 5.97. The summed E-state index contributed by atoms with van der Waals surface area (Å²) in [6, 6.07) is 0. The van der Waals surface area contributed by atoms with Crippen molar-refractivity contribution in [3.63, 3.8) is 0 Å². The fraction of sp³-hybridized carbons (Fsp3) is 0. The quantitative estimate of drug-likeness (QED) is 0.414. The number of nitrogens with zero attached hydrogens (tertiary/aromatic N) is 6. The van der Waals surface area contributed by atoms with Gasteiger partial charge in [0.1, 0.15) is 23.3 Å². The van der Waals surface area contributed by atoms with E-state index in [-0.39, 0.29) is 0 Å². The number of fused-ring (bicyclic) bond motifs is 1. The SMILES string of the molecule is N#C[B-](C#N)(C#N)c1c(F)c(F)c2c(F)c([B-](C#N)(C#N)C#N)c(F)c(F)c2c1F. The van der Waals surface area contributed by atoms with Crippen LogP contribution in [-0.4, -0.2) is 12.3 Å². The summed E-state index contributed by atoms with van der Waals surface area (Å²) in [5, 5.41) is 50.2. The van der Waals surface area contributed by atoms with E-state index >= 15 is 0 Å². The van der Waals surface area contributed by atoms with E-state index in [4.69, 9.17) is 31.6 Å². The van der Waals surface area contributed by atoms with Crippen LogP contribution < -0.4 is 10.9 Å². The van der Waals surface area contributed by atoms with E-state index in [2.05, 4.69) is 0 Å². The summed E-state index contributed by atoms with van der Waals surface area (Å²) in [5.74, 6) is -8.45. The fourth-order valence-electron chi connectivity index (χ4n) is 2.87. The van der Waals surface area contributed by atoms with Gasteiger partial charge < -0.3 is 0 Å². The lowest BCUT2D eigenvalue weighted by Crippen LogP contribution is -2.51. The van der Waals surface area contributed by atoms with Gasteiger partial charge in [0.15, 0.2) is 11.6 Å². The van der Waals surface area contributed by atoms with Gasteiger partial charge in [0, 0.05) is 0 Å². The summed E-state index contributed by atoms with van der Waals surface area (Å²) in [6.45, 7) is 0. The van der Waals surface area contributed by atoms with Crippen LogP contribution in [0, 0.1) is 102 Å². The minimum absolute atomic E-state index is 0.974. The zero-order valence-corrected chi connectivity index (χ0v) is 14.1. The van der Waals surface area contributed by atoms with Gasteiger partial charge in [-0.05, 0) is 0 Å². The molecule has 0 spiro atoms. The molecule has 2 aromatic carbocycles. The molecule has 0 saturated heterocycles. The summed E-state index contributed by atoms with van der Waals surface area (Å²) in [6.07, 6.45) is -8.27. The Morgan fingerprint density at radius 3 is 0.833 bits per heavy atom. The van der Waals surface area contributed by atoms with Crippen LogP contribution >= 0.6 is 0 Å². The zero-order valence-electron chi connectivity index (χ0n) is 14.1. The molecule has 0 aliphatic rings. The van der Waals surface area contributed by atoms with Gasteiger partial charge >= 0.3 is 12.3 Å². The van der Waals surface area contributed by atoms with Crippen molar-refractivity contribution in [1.29, 1.82) is 31.6 Å². The summed E-state index contributed by atoms with van der Waals surface area (Å²) in [5.41, 5.74) is -3.70. The molecule has 6 nitrogen and oxygen atoms in total. The van der Waals surface area contributed by atoms with Gasteiger partial charge in [-0.2, -0.15) is 0 Å². The summed E-state index contributed by atoms with van der Waals surface area (Å²) < 4.78 is 87.9. The molecule has 30 heavy (non-hydrogen) atoms. The first-order chi connectivity index (χ1) is 14.1. The maximum Gasteiger partial charge on any atom is 0.327 e. The normalized spacial score (nSPS) is 10.8. The Morgan fingerprint density at radius 1 is 0.400 bits per heavy atom. The lowest BCUT2D eigenvalue weighted by molar-refractivity contribution is 0.491. The molecule has 0 fully saturated rings. The van der Waals surface area contributed by atoms with E-state index in [1.54, 1.807) is 0 Å². The molecular weight excluding hydrogens is 412 g/mol. The van der Waals surface area contributed by atoms with Crippen LogP contribution in [0.2, 0.25) is 0 Å². The Kier molecular flexibility index (Phi) is 5.10. The van der Waals surface area contributed by atoms with Crippen molar-refractivity contribution < 1.29 is 26.3 Å². The molecule has 0 aliphatic carbocycles. The van der Waals surface area contributed by atoms with Gasteiger partial charge in [0.2, 0.25) is 0 Å². The molecule has 0 saturated carbocycles. The summed E-state index contributed by atoms with van der Waals surface area (Å²) in [4.78, 5) is 0. The van der Waals surface area contributed by atoms with Gasteiger partial charge in [0.25, 0.3) is 0 Å². The van der Waals surface area contributed by atoms with E-state index in [1.807, 2.05) is 0 Å². The average Bonchev–Trinajstić information content (AvgIpc) is 2.75.